The number of hydrogen-bond donors (Lipinski definition) is 1. The van der Waals surface area contributed by atoms with Crippen molar-refractivity contribution in [3.63, 3.8) is 0 Å². The molecule has 3 nitrogen and oxygen atoms in total. The first kappa shape index (κ1) is 17.4. The molecule has 0 radical (unpaired) electrons. The molecule has 0 atom stereocenters. The maximum absolute atomic E-state index is 13.8. The Morgan fingerprint density at radius 3 is 2.36 bits per heavy atom. The monoisotopic (exact) mass is 352 g/mol. The van der Waals surface area contributed by atoms with Gasteiger partial charge in [-0.15, -0.1) is 0 Å². The zero-order valence-corrected chi connectivity index (χ0v) is 13.2. The molecule has 1 N–H and O–H groups in total. The van der Waals surface area contributed by atoms with Crippen molar-refractivity contribution < 1.29 is 22.4 Å². The first-order chi connectivity index (χ1) is 11.9. The van der Waals surface area contributed by atoms with Crippen LogP contribution in [0.25, 0.3) is 0 Å². The Labute approximate surface area is 142 Å². The van der Waals surface area contributed by atoms with Gasteiger partial charge in [0.15, 0.2) is 0 Å². The van der Waals surface area contributed by atoms with Crippen LogP contribution in [0.15, 0.2) is 36.4 Å². The SMILES string of the molecule is O=C(CN(Cc1ccc(F)cc1F)C1CC1)Nc1cc(F)ccc1F. The summed E-state index contributed by atoms with van der Waals surface area (Å²) in [5, 5.41) is 2.32. The summed E-state index contributed by atoms with van der Waals surface area (Å²) in [6.07, 6.45) is 1.73. The predicted molar refractivity (Wildman–Crippen MR) is 84.8 cm³/mol. The van der Waals surface area contributed by atoms with Gasteiger partial charge in [-0.3, -0.25) is 9.69 Å². The van der Waals surface area contributed by atoms with Crippen LogP contribution in [0.4, 0.5) is 23.2 Å². The molecule has 1 fully saturated rings. The summed E-state index contributed by atoms with van der Waals surface area (Å²) in [7, 11) is 0. The van der Waals surface area contributed by atoms with Crippen LogP contribution < -0.4 is 5.32 Å². The summed E-state index contributed by atoms with van der Waals surface area (Å²) in [4.78, 5) is 13.9. The number of anilines is 1. The second-order valence-corrected chi connectivity index (χ2v) is 6.04. The van der Waals surface area contributed by atoms with Crippen molar-refractivity contribution >= 4 is 11.6 Å². The molecular weight excluding hydrogens is 336 g/mol. The van der Waals surface area contributed by atoms with Gasteiger partial charge >= 0.3 is 0 Å². The van der Waals surface area contributed by atoms with Crippen LogP contribution in [0.3, 0.4) is 0 Å². The number of nitrogens with one attached hydrogen (secondary N) is 1. The van der Waals surface area contributed by atoms with Gasteiger partial charge < -0.3 is 5.32 Å². The molecule has 0 saturated heterocycles. The molecule has 25 heavy (non-hydrogen) atoms. The normalized spacial score (nSPS) is 14.0. The summed E-state index contributed by atoms with van der Waals surface area (Å²) >= 11 is 0. The Morgan fingerprint density at radius 1 is 1.00 bits per heavy atom. The molecule has 2 aromatic carbocycles. The molecule has 2 aromatic rings. The van der Waals surface area contributed by atoms with Gasteiger partial charge in [-0.2, -0.15) is 0 Å². The molecule has 0 spiro atoms. The molecule has 132 valence electrons. The molecule has 1 saturated carbocycles. The Kier molecular flexibility index (Phi) is 5.03. The van der Waals surface area contributed by atoms with Crippen molar-refractivity contribution in [3.8, 4) is 0 Å². The van der Waals surface area contributed by atoms with E-state index >= 15 is 0 Å². The van der Waals surface area contributed by atoms with Crippen LogP contribution in [-0.4, -0.2) is 23.4 Å². The van der Waals surface area contributed by atoms with Crippen molar-refractivity contribution in [2.75, 3.05) is 11.9 Å². The summed E-state index contributed by atoms with van der Waals surface area (Å²) in [5.41, 5.74) is 0.0340. The molecular formula is C18H16F4N2O. The summed E-state index contributed by atoms with van der Waals surface area (Å²) in [6.45, 7) is 0.0350. The van der Waals surface area contributed by atoms with Gasteiger partial charge in [0.05, 0.1) is 12.2 Å². The average molecular weight is 352 g/mol. The van der Waals surface area contributed by atoms with Crippen LogP contribution in [0.1, 0.15) is 18.4 Å². The number of halogens is 4. The zero-order chi connectivity index (χ0) is 18.0. The Morgan fingerprint density at radius 2 is 1.68 bits per heavy atom. The summed E-state index contributed by atoms with van der Waals surface area (Å²) in [6, 6.07) is 6.19. The molecule has 7 heteroatoms. The lowest BCUT2D eigenvalue weighted by molar-refractivity contribution is -0.117. The van der Waals surface area contributed by atoms with E-state index in [0.717, 1.165) is 43.2 Å². The highest BCUT2D eigenvalue weighted by atomic mass is 19.1. The fourth-order valence-electron chi connectivity index (χ4n) is 2.59. The third-order valence-electron chi connectivity index (χ3n) is 4.00. The maximum atomic E-state index is 13.8. The summed E-state index contributed by atoms with van der Waals surface area (Å²) in [5.74, 6) is -3.28. The Balaban J connectivity index is 1.67. The maximum Gasteiger partial charge on any atom is 0.238 e. The van der Waals surface area contributed by atoms with Crippen molar-refractivity contribution in [3.05, 3.63) is 65.2 Å². The van der Waals surface area contributed by atoms with Crippen molar-refractivity contribution in [1.29, 1.82) is 0 Å². The lowest BCUT2D eigenvalue weighted by Gasteiger charge is -2.22. The fourth-order valence-corrected chi connectivity index (χ4v) is 2.59. The van der Waals surface area contributed by atoms with Crippen molar-refractivity contribution in [2.45, 2.75) is 25.4 Å². The molecule has 1 aliphatic carbocycles. The van der Waals surface area contributed by atoms with Crippen LogP contribution in [0.5, 0.6) is 0 Å². The van der Waals surface area contributed by atoms with Crippen LogP contribution in [-0.2, 0) is 11.3 Å². The highest BCUT2D eigenvalue weighted by molar-refractivity contribution is 5.92. The van der Waals surface area contributed by atoms with Gasteiger partial charge in [0.1, 0.15) is 23.3 Å². The van der Waals surface area contributed by atoms with E-state index in [0.29, 0.717) is 0 Å². The average Bonchev–Trinajstić information content (AvgIpc) is 3.37. The first-order valence-corrected chi connectivity index (χ1v) is 7.85. The lowest BCUT2D eigenvalue weighted by Crippen LogP contribution is -2.35. The van der Waals surface area contributed by atoms with Crippen LogP contribution in [0.2, 0.25) is 0 Å². The number of benzene rings is 2. The van der Waals surface area contributed by atoms with Gasteiger partial charge in [0, 0.05) is 30.3 Å². The van der Waals surface area contributed by atoms with Gasteiger partial charge in [-0.25, -0.2) is 17.6 Å². The molecule has 3 rings (SSSR count). The van der Waals surface area contributed by atoms with Gasteiger partial charge in [0.25, 0.3) is 0 Å². The molecule has 0 aromatic heterocycles. The quantitative estimate of drug-likeness (QED) is 0.801. The molecule has 0 unspecified atom stereocenters. The number of hydrogen-bond acceptors (Lipinski definition) is 2. The lowest BCUT2D eigenvalue weighted by atomic mass is 10.2. The predicted octanol–water partition coefficient (Wildman–Crippen LogP) is 3.85. The van der Waals surface area contributed by atoms with Gasteiger partial charge in [0.2, 0.25) is 5.91 Å². The smallest absolute Gasteiger partial charge is 0.238 e. The topological polar surface area (TPSA) is 32.3 Å². The minimum atomic E-state index is -0.739. The summed E-state index contributed by atoms with van der Waals surface area (Å²) < 4.78 is 53.6. The van der Waals surface area contributed by atoms with Crippen molar-refractivity contribution in [1.82, 2.24) is 4.90 Å². The van der Waals surface area contributed by atoms with E-state index in [1.807, 2.05) is 0 Å². The molecule has 0 heterocycles. The number of carbonyl (C=O) groups excluding carboxylic acids is 1. The Hall–Kier alpha value is -2.41. The third-order valence-corrected chi connectivity index (χ3v) is 4.00. The molecule has 0 bridgehead atoms. The second kappa shape index (κ2) is 7.23. The number of nitrogens with zero attached hydrogens (tertiary/aromatic N) is 1. The molecule has 0 aliphatic heterocycles. The van der Waals surface area contributed by atoms with E-state index in [1.54, 1.807) is 4.90 Å². The van der Waals surface area contributed by atoms with E-state index in [2.05, 4.69) is 5.32 Å². The van der Waals surface area contributed by atoms with Crippen LogP contribution >= 0.6 is 0 Å². The fraction of sp³-hybridized carbons (Fsp3) is 0.278. The van der Waals surface area contributed by atoms with Crippen molar-refractivity contribution in [2.24, 2.45) is 0 Å². The van der Waals surface area contributed by atoms with Crippen LogP contribution in [0, 0.1) is 23.3 Å². The van der Waals surface area contributed by atoms with Gasteiger partial charge in [-0.05, 0) is 31.0 Å². The minimum absolute atomic E-state index is 0.0998. The van der Waals surface area contributed by atoms with Gasteiger partial charge in [-0.1, -0.05) is 6.07 Å². The highest BCUT2D eigenvalue weighted by Gasteiger charge is 2.31. The van der Waals surface area contributed by atoms with E-state index < -0.39 is 29.2 Å². The highest BCUT2D eigenvalue weighted by Crippen LogP contribution is 2.29. The Bertz CT molecular complexity index is 793. The van der Waals surface area contributed by atoms with E-state index in [-0.39, 0.29) is 30.4 Å². The number of rotatable bonds is 6. The second-order valence-electron chi connectivity index (χ2n) is 6.04. The number of carbonyl (C=O) groups is 1. The zero-order valence-electron chi connectivity index (χ0n) is 13.2. The van der Waals surface area contributed by atoms with E-state index in [1.165, 1.54) is 6.07 Å². The minimum Gasteiger partial charge on any atom is -0.322 e. The van der Waals surface area contributed by atoms with E-state index in [4.69, 9.17) is 0 Å². The standard InChI is InChI=1S/C18H16F4N2O/c19-12-2-1-11(16(22)7-12)9-24(14-4-5-14)10-18(25)23-17-8-13(20)3-6-15(17)21/h1-3,6-8,14H,4-5,9-10H2,(H,23,25). The first-order valence-electron chi connectivity index (χ1n) is 7.85. The molecule has 1 aliphatic rings. The number of amides is 1. The molecule has 1 amide bonds. The largest absolute Gasteiger partial charge is 0.322 e. The third kappa shape index (κ3) is 4.57. The van der Waals surface area contributed by atoms with E-state index in [9.17, 15) is 22.4 Å².